The maximum Gasteiger partial charge on any atom is 0.264 e. The highest BCUT2D eigenvalue weighted by molar-refractivity contribution is 8.18. The molecule has 0 atom stereocenters. The summed E-state index contributed by atoms with van der Waals surface area (Å²) in [5.41, 5.74) is 1.27. The van der Waals surface area contributed by atoms with Gasteiger partial charge in [0, 0.05) is 10.0 Å². The molecule has 1 aliphatic rings. The second kappa shape index (κ2) is 8.77. The number of methoxy groups -OCH3 is 3. The van der Waals surface area contributed by atoms with E-state index in [1.54, 1.807) is 36.4 Å². The van der Waals surface area contributed by atoms with E-state index in [4.69, 9.17) is 37.4 Å². The van der Waals surface area contributed by atoms with Crippen LogP contribution in [0.3, 0.4) is 0 Å². The highest BCUT2D eigenvalue weighted by Gasteiger charge is 2.24. The topological polar surface area (TPSA) is 69.2 Å². The van der Waals surface area contributed by atoms with Crippen LogP contribution in [0.4, 0.5) is 5.69 Å². The molecule has 0 spiro atoms. The summed E-state index contributed by atoms with van der Waals surface area (Å²) < 4.78 is 16.0. The van der Waals surface area contributed by atoms with Crippen LogP contribution in [0.1, 0.15) is 5.56 Å². The van der Waals surface area contributed by atoms with Gasteiger partial charge in [0.05, 0.1) is 31.9 Å². The number of thioether (sulfide) groups is 1. The lowest BCUT2D eigenvalue weighted by atomic mass is 10.1. The average Bonchev–Trinajstić information content (AvgIpc) is 2.98. The number of nitrogens with zero attached hydrogens (tertiary/aromatic N) is 1. The molecule has 1 heterocycles. The van der Waals surface area contributed by atoms with Crippen LogP contribution in [0.5, 0.6) is 17.2 Å². The van der Waals surface area contributed by atoms with Gasteiger partial charge in [0.2, 0.25) is 5.75 Å². The first-order valence-corrected chi connectivity index (χ1v) is 9.56. The molecule has 6 nitrogen and oxygen atoms in total. The first-order valence-electron chi connectivity index (χ1n) is 7.99. The molecule has 0 radical (unpaired) electrons. The summed E-state index contributed by atoms with van der Waals surface area (Å²) in [4.78, 5) is 17.2. The van der Waals surface area contributed by atoms with Crippen LogP contribution in [0.15, 0.2) is 40.2 Å². The zero-order chi connectivity index (χ0) is 20.3. The van der Waals surface area contributed by atoms with Crippen LogP contribution in [0.25, 0.3) is 6.08 Å². The van der Waals surface area contributed by atoms with Crippen LogP contribution in [0, 0.1) is 0 Å². The van der Waals surface area contributed by atoms with Gasteiger partial charge in [-0.1, -0.05) is 23.2 Å². The number of rotatable bonds is 5. The summed E-state index contributed by atoms with van der Waals surface area (Å²) in [6.45, 7) is 0. The molecule has 2 aromatic carbocycles. The second-order valence-electron chi connectivity index (χ2n) is 5.57. The largest absolute Gasteiger partial charge is 0.493 e. The Labute approximate surface area is 176 Å². The number of nitrogens with one attached hydrogen (secondary N) is 1. The minimum Gasteiger partial charge on any atom is -0.493 e. The third kappa shape index (κ3) is 4.55. The standard InChI is InChI=1S/C19H16Cl2N2O4S/c1-25-14-4-10(5-15(26-2)17(14)27-3)6-16-18(24)23-19(28-16)22-13-8-11(20)7-12(21)9-13/h4-9H,1-3H3,(H,22,23,24). The van der Waals surface area contributed by atoms with E-state index in [9.17, 15) is 4.79 Å². The van der Waals surface area contributed by atoms with Crippen molar-refractivity contribution in [1.82, 2.24) is 5.32 Å². The van der Waals surface area contributed by atoms with E-state index >= 15 is 0 Å². The highest BCUT2D eigenvalue weighted by atomic mass is 35.5. The summed E-state index contributed by atoms with van der Waals surface area (Å²) in [6, 6.07) is 8.45. The Morgan fingerprint density at radius 3 is 2.11 bits per heavy atom. The molecule has 0 aromatic heterocycles. The van der Waals surface area contributed by atoms with Gasteiger partial charge in [-0.25, -0.2) is 4.99 Å². The zero-order valence-corrected chi connectivity index (χ0v) is 17.5. The van der Waals surface area contributed by atoms with Gasteiger partial charge in [0.25, 0.3) is 5.91 Å². The average molecular weight is 439 g/mol. The molecule has 9 heteroatoms. The number of ether oxygens (including phenoxy) is 3. The lowest BCUT2D eigenvalue weighted by Crippen LogP contribution is -2.19. The normalized spacial score (nSPS) is 16.4. The summed E-state index contributed by atoms with van der Waals surface area (Å²) in [7, 11) is 4.60. The SMILES string of the molecule is COc1cc(C=C2SC(=Nc3cc(Cl)cc(Cl)c3)NC2=O)cc(OC)c1OC. The predicted molar refractivity (Wildman–Crippen MR) is 113 cm³/mol. The third-order valence-electron chi connectivity index (χ3n) is 3.71. The van der Waals surface area contributed by atoms with Crippen molar-refractivity contribution in [3.63, 3.8) is 0 Å². The molecule has 146 valence electrons. The van der Waals surface area contributed by atoms with Gasteiger partial charge >= 0.3 is 0 Å². The van der Waals surface area contributed by atoms with Gasteiger partial charge in [0.15, 0.2) is 16.7 Å². The lowest BCUT2D eigenvalue weighted by molar-refractivity contribution is -0.115. The van der Waals surface area contributed by atoms with Crippen molar-refractivity contribution >= 4 is 57.8 Å². The van der Waals surface area contributed by atoms with E-state index in [0.717, 1.165) is 5.56 Å². The number of hydrogen-bond donors (Lipinski definition) is 1. The minimum atomic E-state index is -0.259. The van der Waals surface area contributed by atoms with Gasteiger partial charge in [-0.3, -0.25) is 4.79 Å². The fourth-order valence-corrected chi connectivity index (χ4v) is 3.89. The first-order chi connectivity index (χ1) is 13.4. The van der Waals surface area contributed by atoms with Gasteiger partial charge in [0.1, 0.15) is 0 Å². The number of carbonyl (C=O) groups excluding carboxylic acids is 1. The van der Waals surface area contributed by atoms with Crippen molar-refractivity contribution in [2.75, 3.05) is 21.3 Å². The molecule has 3 rings (SSSR count). The third-order valence-corrected chi connectivity index (χ3v) is 5.06. The Hall–Kier alpha value is -2.35. The zero-order valence-electron chi connectivity index (χ0n) is 15.2. The number of hydrogen-bond acceptors (Lipinski definition) is 6. The number of carbonyl (C=O) groups is 1. The van der Waals surface area contributed by atoms with Crippen molar-refractivity contribution in [1.29, 1.82) is 0 Å². The monoisotopic (exact) mass is 438 g/mol. The van der Waals surface area contributed by atoms with Crippen molar-refractivity contribution in [2.45, 2.75) is 0 Å². The minimum absolute atomic E-state index is 0.259. The molecular formula is C19H16Cl2N2O4S. The van der Waals surface area contributed by atoms with Crippen molar-refractivity contribution in [3.8, 4) is 17.2 Å². The number of halogens is 2. The smallest absolute Gasteiger partial charge is 0.264 e. The number of aliphatic imine (C=N–C) groups is 1. The summed E-state index contributed by atoms with van der Waals surface area (Å²) >= 11 is 13.2. The van der Waals surface area contributed by atoms with Crippen LogP contribution < -0.4 is 19.5 Å². The molecule has 1 aliphatic heterocycles. The molecular weight excluding hydrogens is 423 g/mol. The number of benzene rings is 2. The van der Waals surface area contributed by atoms with E-state index in [1.165, 1.54) is 33.1 Å². The predicted octanol–water partition coefficient (Wildman–Crippen LogP) is 4.91. The summed E-state index contributed by atoms with van der Waals surface area (Å²) in [5.74, 6) is 1.22. The second-order valence-corrected chi connectivity index (χ2v) is 7.47. The Morgan fingerprint density at radius 1 is 0.964 bits per heavy atom. The quantitative estimate of drug-likeness (QED) is 0.671. The maximum atomic E-state index is 12.3. The van der Waals surface area contributed by atoms with Crippen molar-refractivity contribution < 1.29 is 19.0 Å². The number of amidine groups is 1. The molecule has 0 bridgehead atoms. The Balaban J connectivity index is 1.91. The molecule has 0 unspecified atom stereocenters. The summed E-state index contributed by atoms with van der Waals surface area (Å²) in [5, 5.41) is 4.09. The Morgan fingerprint density at radius 2 is 1.57 bits per heavy atom. The van der Waals surface area contributed by atoms with Crippen LogP contribution in [-0.4, -0.2) is 32.4 Å². The lowest BCUT2D eigenvalue weighted by Gasteiger charge is -2.12. The molecule has 28 heavy (non-hydrogen) atoms. The first kappa shape index (κ1) is 20.4. The molecule has 0 aliphatic carbocycles. The number of amides is 1. The van der Waals surface area contributed by atoms with Gasteiger partial charge in [-0.2, -0.15) is 0 Å². The molecule has 1 saturated heterocycles. The van der Waals surface area contributed by atoms with E-state index in [1.807, 2.05) is 0 Å². The highest BCUT2D eigenvalue weighted by Crippen LogP contribution is 2.39. The summed E-state index contributed by atoms with van der Waals surface area (Å²) in [6.07, 6.45) is 1.72. The molecule has 0 saturated carbocycles. The Kier molecular flexibility index (Phi) is 6.39. The molecule has 2 aromatic rings. The van der Waals surface area contributed by atoms with Gasteiger partial charge in [-0.15, -0.1) is 0 Å². The van der Waals surface area contributed by atoms with Gasteiger partial charge < -0.3 is 19.5 Å². The van der Waals surface area contributed by atoms with Crippen molar-refractivity contribution in [3.05, 3.63) is 50.8 Å². The van der Waals surface area contributed by atoms with Crippen LogP contribution >= 0.6 is 35.0 Å². The fourth-order valence-electron chi connectivity index (χ4n) is 2.54. The van der Waals surface area contributed by atoms with Crippen LogP contribution in [-0.2, 0) is 4.79 Å². The molecule has 1 amide bonds. The molecule has 1 N–H and O–H groups in total. The molecule has 1 fully saturated rings. The van der Waals surface area contributed by atoms with Crippen LogP contribution in [0.2, 0.25) is 10.0 Å². The van der Waals surface area contributed by atoms with Gasteiger partial charge in [-0.05, 0) is 53.7 Å². The Bertz CT molecular complexity index is 947. The fraction of sp³-hybridized carbons (Fsp3) is 0.158. The van der Waals surface area contributed by atoms with E-state index in [2.05, 4.69) is 10.3 Å². The van der Waals surface area contributed by atoms with E-state index in [-0.39, 0.29) is 5.91 Å². The van der Waals surface area contributed by atoms with E-state index in [0.29, 0.717) is 43.1 Å². The maximum absolute atomic E-state index is 12.3. The van der Waals surface area contributed by atoms with Crippen molar-refractivity contribution in [2.24, 2.45) is 4.99 Å². The van der Waals surface area contributed by atoms with E-state index < -0.39 is 0 Å².